The van der Waals surface area contributed by atoms with Crippen LogP contribution < -0.4 is 0 Å². The molecule has 10 heavy (non-hydrogen) atoms. The third-order valence-electron chi connectivity index (χ3n) is 1.01. The average molecular weight is 166 g/mol. The molecule has 0 aliphatic carbocycles. The Balaban J connectivity index is 3.04. The van der Waals surface area contributed by atoms with Crippen molar-refractivity contribution in [2.45, 2.75) is 0 Å². The van der Waals surface area contributed by atoms with Crippen LogP contribution in [0.2, 0.25) is 0 Å². The van der Waals surface area contributed by atoms with E-state index in [-0.39, 0.29) is 9.03 Å². The lowest BCUT2D eigenvalue weighted by Gasteiger charge is -2.23. The summed E-state index contributed by atoms with van der Waals surface area (Å²) in [6.07, 6.45) is 0. The van der Waals surface area contributed by atoms with Gasteiger partial charge in [0.2, 0.25) is 0 Å². The third-order valence-corrected chi connectivity index (χ3v) is 1.50. The summed E-state index contributed by atoms with van der Waals surface area (Å²) in [5.74, 6) is 0. The summed E-state index contributed by atoms with van der Waals surface area (Å²) < 4.78 is 10.8. The van der Waals surface area contributed by atoms with E-state index in [0.29, 0.717) is 0 Å². The first-order valence-electron chi connectivity index (χ1n) is 3.26. The maximum absolute atomic E-state index is 5.15. The van der Waals surface area contributed by atoms with E-state index >= 15 is 0 Å². The number of hydrogen-bond acceptors (Lipinski definition) is 2. The Kier molecular flexibility index (Phi) is 5.18. The van der Waals surface area contributed by atoms with Gasteiger partial charge in [0, 0.05) is 7.11 Å². The summed E-state index contributed by atoms with van der Waals surface area (Å²) in [5, 5.41) is 0. The fourth-order valence-electron chi connectivity index (χ4n) is 0.420. The van der Waals surface area contributed by atoms with Gasteiger partial charge in [0.05, 0.1) is 21.1 Å². The first kappa shape index (κ1) is 10.3. The minimum atomic E-state index is 0.191. The van der Waals surface area contributed by atoms with Crippen LogP contribution in [0.3, 0.4) is 0 Å². The Morgan fingerprint density at radius 1 is 1.30 bits per heavy atom. The molecule has 0 amide bonds. The van der Waals surface area contributed by atoms with E-state index in [0.717, 1.165) is 17.6 Å². The maximum Gasteiger partial charge on any atom is 0.154 e. The van der Waals surface area contributed by atoms with Crippen molar-refractivity contribution in [3.63, 3.8) is 0 Å². The molecule has 0 aromatic carbocycles. The third kappa shape index (κ3) is 8.31. The molecule has 0 aromatic rings. The zero-order valence-electron chi connectivity index (χ0n) is 7.18. The van der Waals surface area contributed by atoms with Crippen LogP contribution in [0.15, 0.2) is 0 Å². The quantitative estimate of drug-likeness (QED) is 0.342. The Morgan fingerprint density at radius 2 is 1.90 bits per heavy atom. The second-order valence-electron chi connectivity index (χ2n) is 3.15. The molecule has 0 saturated heterocycles. The molecular weight excluding hydrogens is 149 g/mol. The van der Waals surface area contributed by atoms with Gasteiger partial charge in [-0.3, -0.25) is 0 Å². The fraction of sp³-hybridized carbons (Fsp3) is 1.00. The molecule has 3 nitrogen and oxygen atoms in total. The number of hydrogen-bond donors (Lipinski definition) is 0. The van der Waals surface area contributed by atoms with Crippen LogP contribution in [0.1, 0.15) is 0 Å². The van der Waals surface area contributed by atoms with Gasteiger partial charge in [-0.2, -0.15) is 0 Å². The van der Waals surface area contributed by atoms with Gasteiger partial charge in [-0.1, -0.05) is 0 Å². The zero-order chi connectivity index (χ0) is 8.04. The molecular formula is C6H17NO2P+. The topological polar surface area (TPSA) is 18.5 Å². The van der Waals surface area contributed by atoms with E-state index < -0.39 is 0 Å². The molecule has 1 atom stereocenters. The SMILES string of the molecule is COPOCC[N+](C)(C)C. The minimum Gasteiger partial charge on any atom is -0.340 e. The Hall–Kier alpha value is 0.310. The van der Waals surface area contributed by atoms with Gasteiger partial charge in [-0.05, 0) is 0 Å². The largest absolute Gasteiger partial charge is 0.340 e. The molecule has 0 radical (unpaired) electrons. The lowest BCUT2D eigenvalue weighted by Crippen LogP contribution is -2.37. The van der Waals surface area contributed by atoms with Crippen LogP contribution in [0.25, 0.3) is 0 Å². The summed E-state index contributed by atoms with van der Waals surface area (Å²) >= 11 is 0. The van der Waals surface area contributed by atoms with Crippen molar-refractivity contribution in [1.82, 2.24) is 0 Å². The first-order chi connectivity index (χ1) is 4.56. The second-order valence-corrected chi connectivity index (χ2v) is 4.01. The van der Waals surface area contributed by atoms with Crippen LogP contribution in [-0.4, -0.2) is 45.9 Å². The molecule has 0 aromatic heterocycles. The molecule has 0 aliphatic heterocycles. The van der Waals surface area contributed by atoms with Gasteiger partial charge in [-0.25, -0.2) is 0 Å². The summed E-state index contributed by atoms with van der Waals surface area (Å²) in [5.41, 5.74) is 0. The lowest BCUT2D eigenvalue weighted by molar-refractivity contribution is -0.870. The molecule has 0 N–H and O–H groups in total. The smallest absolute Gasteiger partial charge is 0.154 e. The van der Waals surface area contributed by atoms with Crippen molar-refractivity contribution in [2.75, 3.05) is 41.4 Å². The lowest BCUT2D eigenvalue weighted by atomic mass is 10.5. The molecule has 4 heteroatoms. The summed E-state index contributed by atoms with van der Waals surface area (Å²) in [7, 11) is 8.25. The number of rotatable bonds is 5. The number of likely N-dealkylation sites (N-methyl/N-ethyl adjacent to an activating group) is 1. The number of nitrogens with zero attached hydrogens (tertiary/aromatic N) is 1. The average Bonchev–Trinajstić information content (AvgIpc) is 1.78. The molecule has 0 aliphatic rings. The Labute approximate surface area is 64.8 Å². The van der Waals surface area contributed by atoms with Gasteiger partial charge < -0.3 is 13.5 Å². The normalized spacial score (nSPS) is 13.2. The van der Waals surface area contributed by atoms with Crippen molar-refractivity contribution >= 4 is 9.03 Å². The molecule has 0 bridgehead atoms. The zero-order valence-corrected chi connectivity index (χ0v) is 8.18. The van der Waals surface area contributed by atoms with Crippen molar-refractivity contribution in [1.29, 1.82) is 0 Å². The first-order valence-corrected chi connectivity index (χ1v) is 4.08. The molecule has 0 saturated carbocycles. The maximum atomic E-state index is 5.15. The molecule has 62 valence electrons. The van der Waals surface area contributed by atoms with Gasteiger partial charge in [0.1, 0.15) is 13.2 Å². The highest BCUT2D eigenvalue weighted by atomic mass is 31.1. The van der Waals surface area contributed by atoms with Crippen molar-refractivity contribution in [2.24, 2.45) is 0 Å². The predicted octanol–water partition coefficient (Wildman–Crippen LogP) is 0.864. The van der Waals surface area contributed by atoms with Gasteiger partial charge >= 0.3 is 0 Å². The second kappa shape index (κ2) is 5.03. The van der Waals surface area contributed by atoms with E-state index in [1.807, 2.05) is 0 Å². The van der Waals surface area contributed by atoms with E-state index in [2.05, 4.69) is 21.1 Å². The van der Waals surface area contributed by atoms with Crippen molar-refractivity contribution in [3.05, 3.63) is 0 Å². The van der Waals surface area contributed by atoms with E-state index in [4.69, 9.17) is 9.05 Å². The molecule has 0 spiro atoms. The monoisotopic (exact) mass is 166 g/mol. The summed E-state index contributed by atoms with van der Waals surface area (Å²) in [4.78, 5) is 0. The highest BCUT2D eigenvalue weighted by molar-refractivity contribution is 7.26. The fourth-order valence-corrected chi connectivity index (χ4v) is 0.713. The minimum absolute atomic E-state index is 0.191. The van der Waals surface area contributed by atoms with E-state index in [9.17, 15) is 0 Å². The standard InChI is InChI=1S/C6H17NO2P/c1-7(2,3)5-6-9-10-8-4/h10H,5-6H2,1-4H3/q+1. The van der Waals surface area contributed by atoms with Crippen LogP contribution in [-0.2, 0) is 9.05 Å². The molecule has 1 unspecified atom stereocenters. The van der Waals surface area contributed by atoms with Gasteiger partial charge in [-0.15, -0.1) is 0 Å². The van der Waals surface area contributed by atoms with Gasteiger partial charge in [0.25, 0.3) is 0 Å². The van der Waals surface area contributed by atoms with Crippen LogP contribution >= 0.6 is 9.03 Å². The molecule has 0 heterocycles. The van der Waals surface area contributed by atoms with Crippen LogP contribution in [0.5, 0.6) is 0 Å². The Bertz CT molecular complexity index is 82.3. The summed E-state index contributed by atoms with van der Waals surface area (Å²) in [6, 6.07) is 0. The van der Waals surface area contributed by atoms with Crippen molar-refractivity contribution in [3.8, 4) is 0 Å². The molecule has 0 rings (SSSR count). The predicted molar refractivity (Wildman–Crippen MR) is 44.2 cm³/mol. The van der Waals surface area contributed by atoms with E-state index in [1.165, 1.54) is 0 Å². The van der Waals surface area contributed by atoms with E-state index in [1.54, 1.807) is 7.11 Å². The highest BCUT2D eigenvalue weighted by Crippen LogP contribution is 2.10. The Morgan fingerprint density at radius 3 is 2.30 bits per heavy atom. The summed E-state index contributed by atoms with van der Waals surface area (Å²) in [6.45, 7) is 1.80. The molecule has 0 fully saturated rings. The highest BCUT2D eigenvalue weighted by Gasteiger charge is 2.04. The van der Waals surface area contributed by atoms with Crippen molar-refractivity contribution < 1.29 is 13.5 Å². The number of quaternary nitrogens is 1. The van der Waals surface area contributed by atoms with Crippen LogP contribution in [0.4, 0.5) is 0 Å². The van der Waals surface area contributed by atoms with Gasteiger partial charge in [0.15, 0.2) is 9.03 Å². The van der Waals surface area contributed by atoms with Crippen LogP contribution in [0, 0.1) is 0 Å².